The third-order valence-corrected chi connectivity index (χ3v) is 2.42. The number of rotatable bonds is 0. The summed E-state index contributed by atoms with van der Waals surface area (Å²) in [7, 11) is 0. The number of benzene rings is 1. The van der Waals surface area contributed by atoms with E-state index in [1.807, 2.05) is 0 Å². The smallest absolute Gasteiger partial charge is 0.163 e. The second kappa shape index (κ2) is 2.99. The number of ketones is 1. The zero-order chi connectivity index (χ0) is 14.4. The highest BCUT2D eigenvalue weighted by Crippen LogP contribution is 2.26. The van der Waals surface area contributed by atoms with Crippen molar-refractivity contribution in [2.75, 3.05) is 0 Å². The van der Waals surface area contributed by atoms with Crippen LogP contribution in [-0.2, 0) is 6.42 Å². The fourth-order valence-corrected chi connectivity index (χ4v) is 1.78. The normalized spacial score (nSPS) is 24.5. The standard InChI is InChI=1S/C12H14O/c1-8-6-7-9(2)12-10(8)4-3-5-11(12)13/h6-7H,3-5H2,1-2H3/i1D3,2D3. The Morgan fingerprint density at radius 1 is 1.23 bits per heavy atom. The lowest BCUT2D eigenvalue weighted by atomic mass is 9.85. The highest BCUT2D eigenvalue weighted by Gasteiger charge is 2.19. The molecular formula is C12H14O. The van der Waals surface area contributed by atoms with E-state index in [4.69, 9.17) is 8.22 Å². The van der Waals surface area contributed by atoms with Gasteiger partial charge in [0.15, 0.2) is 5.78 Å². The van der Waals surface area contributed by atoms with Gasteiger partial charge in [-0.2, -0.15) is 0 Å². The Hall–Kier alpha value is -1.11. The molecule has 1 aromatic rings. The molecule has 0 radical (unpaired) electrons. The average molecular weight is 180 g/mol. The number of hydrogen-bond acceptors (Lipinski definition) is 1. The van der Waals surface area contributed by atoms with Gasteiger partial charge in [0.25, 0.3) is 0 Å². The van der Waals surface area contributed by atoms with Crippen molar-refractivity contribution in [3.8, 4) is 0 Å². The van der Waals surface area contributed by atoms with Gasteiger partial charge in [0.2, 0.25) is 0 Å². The predicted octanol–water partition coefficient (Wildman–Crippen LogP) is 2.82. The molecule has 1 heteroatoms. The maximum atomic E-state index is 12.0. The minimum Gasteiger partial charge on any atom is -0.294 e. The van der Waals surface area contributed by atoms with E-state index in [9.17, 15) is 4.79 Å². The van der Waals surface area contributed by atoms with E-state index in [-0.39, 0.29) is 28.9 Å². The van der Waals surface area contributed by atoms with Crippen LogP contribution in [0.3, 0.4) is 0 Å². The lowest BCUT2D eigenvalue weighted by Gasteiger charge is -2.18. The predicted molar refractivity (Wildman–Crippen MR) is 53.2 cm³/mol. The SMILES string of the molecule is [2H]C([2H])([2H])c1ccc(C([2H])([2H])[2H])c2c1CCCC2=O. The number of fused-ring (bicyclic) bond motifs is 1. The molecule has 0 aliphatic heterocycles. The Morgan fingerprint density at radius 2 is 2.00 bits per heavy atom. The van der Waals surface area contributed by atoms with Gasteiger partial charge in [-0.1, -0.05) is 12.1 Å². The van der Waals surface area contributed by atoms with Gasteiger partial charge in [-0.25, -0.2) is 0 Å². The molecule has 1 aromatic carbocycles. The zero-order valence-electron chi connectivity index (χ0n) is 13.2. The lowest BCUT2D eigenvalue weighted by molar-refractivity contribution is 0.0971. The van der Waals surface area contributed by atoms with E-state index in [0.29, 0.717) is 18.4 Å². The minimum atomic E-state index is -2.40. The average Bonchev–Trinajstić information content (AvgIpc) is 2.25. The molecule has 0 spiro atoms. The van der Waals surface area contributed by atoms with Gasteiger partial charge < -0.3 is 0 Å². The summed E-state index contributed by atoms with van der Waals surface area (Å²) in [5.74, 6) is -0.265. The first-order valence-corrected chi connectivity index (χ1v) is 4.32. The molecule has 0 saturated heterocycles. The molecule has 0 heterocycles. The molecule has 2 rings (SSSR count). The van der Waals surface area contributed by atoms with Crippen molar-refractivity contribution in [1.82, 2.24) is 0 Å². The van der Waals surface area contributed by atoms with Crippen molar-refractivity contribution in [2.24, 2.45) is 0 Å². The summed E-state index contributed by atoms with van der Waals surface area (Å²) in [6, 6.07) is 2.59. The first kappa shape index (κ1) is 3.95. The van der Waals surface area contributed by atoms with E-state index in [1.54, 1.807) is 0 Å². The minimum absolute atomic E-state index is 0.0276. The molecule has 0 N–H and O–H groups in total. The quantitative estimate of drug-likeness (QED) is 0.600. The third kappa shape index (κ3) is 1.28. The Bertz CT molecular complexity index is 526. The molecule has 1 nitrogen and oxygen atoms in total. The van der Waals surface area contributed by atoms with Crippen molar-refractivity contribution in [3.63, 3.8) is 0 Å². The Labute approximate surface area is 87.2 Å². The van der Waals surface area contributed by atoms with Crippen LogP contribution in [0.4, 0.5) is 0 Å². The van der Waals surface area contributed by atoms with E-state index in [0.717, 1.165) is 0 Å². The number of carbonyl (C=O) groups excluding carboxylic acids is 1. The van der Waals surface area contributed by atoms with E-state index in [1.165, 1.54) is 12.1 Å². The molecule has 0 unspecified atom stereocenters. The Morgan fingerprint density at radius 3 is 2.77 bits per heavy atom. The van der Waals surface area contributed by atoms with Crippen molar-refractivity contribution >= 4 is 5.78 Å². The molecule has 0 amide bonds. The van der Waals surface area contributed by atoms with Crippen LogP contribution >= 0.6 is 0 Å². The van der Waals surface area contributed by atoms with E-state index in [2.05, 4.69) is 0 Å². The van der Waals surface area contributed by atoms with Gasteiger partial charge in [0.05, 0.1) is 0 Å². The van der Waals surface area contributed by atoms with Crippen LogP contribution < -0.4 is 0 Å². The van der Waals surface area contributed by atoms with Crippen molar-refractivity contribution < 1.29 is 13.0 Å². The summed E-state index contributed by atoms with van der Waals surface area (Å²) in [4.78, 5) is 12.0. The maximum absolute atomic E-state index is 12.0. The van der Waals surface area contributed by atoms with Crippen molar-refractivity contribution in [3.05, 3.63) is 34.4 Å². The Kier molecular flexibility index (Phi) is 0.907. The van der Waals surface area contributed by atoms with E-state index < -0.39 is 13.7 Å². The second-order valence-corrected chi connectivity index (χ2v) is 3.29. The monoisotopic (exact) mass is 180 g/mol. The van der Waals surface area contributed by atoms with Crippen LogP contribution in [0.1, 0.15) is 48.1 Å². The molecule has 0 bridgehead atoms. The molecule has 68 valence electrons. The number of carbonyl (C=O) groups is 1. The Balaban J connectivity index is 2.74. The summed E-state index contributed by atoms with van der Waals surface area (Å²) in [6.07, 6.45) is 1.29. The zero-order valence-corrected chi connectivity index (χ0v) is 7.18. The fraction of sp³-hybridized carbons (Fsp3) is 0.417. The number of aryl methyl sites for hydroxylation is 2. The molecule has 0 saturated carbocycles. The van der Waals surface area contributed by atoms with Gasteiger partial charge in [-0.3, -0.25) is 4.79 Å². The van der Waals surface area contributed by atoms with E-state index >= 15 is 0 Å². The van der Waals surface area contributed by atoms with Crippen LogP contribution in [-0.4, -0.2) is 5.78 Å². The highest BCUT2D eigenvalue weighted by atomic mass is 16.1. The third-order valence-electron chi connectivity index (χ3n) is 2.42. The summed E-state index contributed by atoms with van der Waals surface area (Å²) in [5.41, 5.74) is 0.577. The van der Waals surface area contributed by atoms with Crippen molar-refractivity contribution in [2.45, 2.75) is 33.0 Å². The van der Waals surface area contributed by atoms with Gasteiger partial charge in [0.1, 0.15) is 0 Å². The summed E-state index contributed by atoms with van der Waals surface area (Å²) in [5, 5.41) is 0. The second-order valence-electron chi connectivity index (χ2n) is 3.29. The van der Waals surface area contributed by atoms with Crippen LogP contribution in [0.2, 0.25) is 0 Å². The maximum Gasteiger partial charge on any atom is 0.163 e. The number of Topliss-reactive ketones (excluding diaryl/α,β-unsaturated/α-hetero) is 1. The first-order valence-electron chi connectivity index (χ1n) is 7.32. The summed E-state index contributed by atoms with van der Waals surface area (Å²) >= 11 is 0. The molecule has 13 heavy (non-hydrogen) atoms. The largest absolute Gasteiger partial charge is 0.294 e. The fourth-order valence-electron chi connectivity index (χ4n) is 1.78. The highest BCUT2D eigenvalue weighted by molar-refractivity contribution is 6.00. The van der Waals surface area contributed by atoms with Gasteiger partial charge in [0, 0.05) is 20.2 Å². The molecule has 1 aliphatic rings. The molecule has 1 aliphatic carbocycles. The molecular weight excluding hydrogens is 160 g/mol. The molecule has 0 aromatic heterocycles. The molecule has 0 fully saturated rings. The number of hydrogen-bond donors (Lipinski definition) is 0. The van der Waals surface area contributed by atoms with Gasteiger partial charge in [-0.05, 0) is 43.2 Å². The van der Waals surface area contributed by atoms with Crippen LogP contribution in [0.15, 0.2) is 12.1 Å². The van der Waals surface area contributed by atoms with Crippen molar-refractivity contribution in [1.29, 1.82) is 0 Å². The van der Waals surface area contributed by atoms with Crippen LogP contribution in [0, 0.1) is 13.7 Å². The van der Waals surface area contributed by atoms with Gasteiger partial charge >= 0.3 is 0 Å². The van der Waals surface area contributed by atoms with Crippen LogP contribution in [0.5, 0.6) is 0 Å². The van der Waals surface area contributed by atoms with Crippen LogP contribution in [0.25, 0.3) is 0 Å². The first-order chi connectivity index (χ1) is 8.62. The topological polar surface area (TPSA) is 17.1 Å². The molecule has 0 atom stereocenters. The summed E-state index contributed by atoms with van der Waals surface area (Å²) < 4.78 is 44.9. The summed E-state index contributed by atoms with van der Waals surface area (Å²) in [6.45, 7) is -4.72. The lowest BCUT2D eigenvalue weighted by Crippen LogP contribution is -2.13. The van der Waals surface area contributed by atoms with Gasteiger partial charge in [-0.15, -0.1) is 0 Å².